The highest BCUT2D eigenvalue weighted by atomic mass is 32.1. The minimum atomic E-state index is -1.30. The first kappa shape index (κ1) is 31.8. The molecule has 0 saturated carbocycles. The number of thiophene rings is 2. The Morgan fingerprint density at radius 2 is 1.64 bits per heavy atom. The van der Waals surface area contributed by atoms with Crippen molar-refractivity contribution in [1.29, 1.82) is 5.26 Å². The molecule has 0 saturated heterocycles. The fraction of sp³-hybridized carbons (Fsp3) is 0.486. The molecule has 3 unspecified atom stereocenters. The summed E-state index contributed by atoms with van der Waals surface area (Å²) in [7, 11) is 0. The van der Waals surface area contributed by atoms with Gasteiger partial charge in [0.2, 0.25) is 0 Å². The van der Waals surface area contributed by atoms with Gasteiger partial charge in [0.25, 0.3) is 0 Å². The van der Waals surface area contributed by atoms with Gasteiger partial charge in [0, 0.05) is 43.5 Å². The van der Waals surface area contributed by atoms with E-state index in [9.17, 15) is 15.2 Å². The molecular weight excluding hydrogens is 641 g/mol. The van der Waals surface area contributed by atoms with Gasteiger partial charge < -0.3 is 38.4 Å². The van der Waals surface area contributed by atoms with E-state index in [1.54, 1.807) is 17.4 Å². The van der Waals surface area contributed by atoms with E-state index in [1.807, 2.05) is 0 Å². The van der Waals surface area contributed by atoms with Crippen LogP contribution in [0.3, 0.4) is 0 Å². The fourth-order valence-corrected chi connectivity index (χ4v) is 9.55. The molecule has 4 aliphatic heterocycles. The monoisotopic (exact) mass is 678 g/mol. The molecule has 4 aliphatic rings. The number of hydrogen-bond donors (Lipinski definition) is 1. The number of carbonyl (C=O) groups is 1. The zero-order chi connectivity index (χ0) is 32.8. The highest BCUT2D eigenvalue weighted by Crippen LogP contribution is 2.60. The Morgan fingerprint density at radius 1 is 1.00 bits per heavy atom. The van der Waals surface area contributed by atoms with Crippen LogP contribution in [0, 0.1) is 17.2 Å². The van der Waals surface area contributed by atoms with Crippen molar-refractivity contribution in [1.82, 2.24) is 0 Å². The summed E-state index contributed by atoms with van der Waals surface area (Å²) in [5.74, 6) is 1.42. The summed E-state index contributed by atoms with van der Waals surface area (Å²) in [5.41, 5.74) is 4.36. The van der Waals surface area contributed by atoms with Gasteiger partial charge in [-0.3, -0.25) is 0 Å². The predicted molar refractivity (Wildman–Crippen MR) is 180 cm³/mol. The standard InChI is InChI=1S/C35H38N2O8S2/c1-5-40-22-12-19-11-20(13-23-25(41-6-2)15-24(18(3)4)37(17-22)27(19)23)32-30-31(45-10-9-44-30)34(47-32)33-29-28(42-7-8-43-29)26(46-33)14-21(16-36)35(38)39/h11,13-14,18,22,24-25H,5-10,12,15,17H2,1-4H3,(H,38,39)/b21-14+. The number of anilines is 1. The average molecular weight is 679 g/mol. The summed E-state index contributed by atoms with van der Waals surface area (Å²) in [5, 5.41) is 19.0. The molecule has 0 fully saturated rings. The number of fused-ring (bicyclic) bond motifs is 2. The molecule has 12 heteroatoms. The topological polar surface area (TPSA) is 120 Å². The Kier molecular flexibility index (Phi) is 8.82. The van der Waals surface area contributed by atoms with E-state index in [-0.39, 0.29) is 17.8 Å². The van der Waals surface area contributed by atoms with E-state index in [0.717, 1.165) is 39.6 Å². The first-order valence-corrected chi connectivity index (χ1v) is 17.8. The SMILES string of the molecule is CCOC1Cc2cc(-c3sc(-c4sc(/C=C(\C#N)C(=O)O)c5c4OCCO5)c4c3OCCO4)cc3c2N(C1)C(C(C)C)CC3OCC. The van der Waals surface area contributed by atoms with Crippen molar-refractivity contribution in [2.75, 3.05) is 51.1 Å². The number of aliphatic carboxylic acids is 1. The molecule has 248 valence electrons. The fourth-order valence-electron chi connectivity index (χ4n) is 7.12. The van der Waals surface area contributed by atoms with Crippen LogP contribution < -0.4 is 23.8 Å². The molecule has 6 heterocycles. The second kappa shape index (κ2) is 13.0. The number of benzene rings is 1. The van der Waals surface area contributed by atoms with E-state index in [2.05, 4.69) is 44.7 Å². The summed E-state index contributed by atoms with van der Waals surface area (Å²) in [6.07, 6.45) is 3.13. The summed E-state index contributed by atoms with van der Waals surface area (Å²) in [4.78, 5) is 17.2. The number of nitriles is 1. The van der Waals surface area contributed by atoms with Crippen LogP contribution in [0.4, 0.5) is 5.69 Å². The number of carboxylic acid groups (broad SMARTS) is 1. The molecule has 10 nitrogen and oxygen atoms in total. The van der Waals surface area contributed by atoms with E-state index in [4.69, 9.17) is 28.4 Å². The number of carboxylic acids is 1. The summed E-state index contributed by atoms with van der Waals surface area (Å²) >= 11 is 2.87. The molecule has 1 N–H and O–H groups in total. The molecule has 0 bridgehead atoms. The van der Waals surface area contributed by atoms with Crippen LogP contribution in [0.5, 0.6) is 23.0 Å². The Balaban J connectivity index is 1.40. The Morgan fingerprint density at radius 3 is 2.28 bits per heavy atom. The van der Waals surface area contributed by atoms with Gasteiger partial charge in [0.15, 0.2) is 23.0 Å². The van der Waals surface area contributed by atoms with Gasteiger partial charge in [0.1, 0.15) is 38.1 Å². The molecule has 2 aromatic heterocycles. The summed E-state index contributed by atoms with van der Waals surface area (Å²) < 4.78 is 37.3. The number of nitrogens with zero attached hydrogens (tertiary/aromatic N) is 2. The second-order valence-electron chi connectivity index (χ2n) is 12.2. The number of hydrogen-bond acceptors (Lipinski definition) is 11. The zero-order valence-electron chi connectivity index (χ0n) is 26.9. The van der Waals surface area contributed by atoms with Crippen molar-refractivity contribution >= 4 is 40.4 Å². The predicted octanol–water partition coefficient (Wildman–Crippen LogP) is 6.95. The Hall–Kier alpha value is -3.76. The van der Waals surface area contributed by atoms with Crippen LogP contribution >= 0.6 is 22.7 Å². The second-order valence-corrected chi connectivity index (χ2v) is 14.3. The van der Waals surface area contributed by atoms with E-state index < -0.39 is 5.97 Å². The number of ether oxygens (including phenoxy) is 6. The molecule has 1 aromatic carbocycles. The molecule has 47 heavy (non-hydrogen) atoms. The first-order chi connectivity index (χ1) is 22.8. The van der Waals surface area contributed by atoms with Crippen molar-refractivity contribution in [3.05, 3.63) is 33.7 Å². The van der Waals surface area contributed by atoms with Crippen LogP contribution in [0.25, 0.3) is 26.3 Å². The maximum absolute atomic E-state index is 11.7. The summed E-state index contributed by atoms with van der Waals surface area (Å²) in [6.45, 7) is 12.3. The quantitative estimate of drug-likeness (QED) is 0.188. The maximum atomic E-state index is 11.7. The lowest BCUT2D eigenvalue weighted by atomic mass is 9.81. The maximum Gasteiger partial charge on any atom is 0.346 e. The molecule has 0 spiro atoms. The van der Waals surface area contributed by atoms with E-state index >= 15 is 0 Å². The lowest BCUT2D eigenvalue weighted by molar-refractivity contribution is -0.132. The van der Waals surface area contributed by atoms with Gasteiger partial charge in [0.05, 0.1) is 31.7 Å². The molecule has 3 aromatic rings. The van der Waals surface area contributed by atoms with Crippen LogP contribution in [0.15, 0.2) is 17.7 Å². The van der Waals surface area contributed by atoms with Crippen LogP contribution in [0.2, 0.25) is 0 Å². The average Bonchev–Trinajstić information content (AvgIpc) is 3.63. The van der Waals surface area contributed by atoms with Crippen LogP contribution in [-0.4, -0.2) is 69.4 Å². The van der Waals surface area contributed by atoms with Gasteiger partial charge in [-0.2, -0.15) is 5.26 Å². The van der Waals surface area contributed by atoms with Crippen LogP contribution in [0.1, 0.15) is 56.2 Å². The lowest BCUT2D eigenvalue weighted by Gasteiger charge is -2.49. The van der Waals surface area contributed by atoms with Crippen molar-refractivity contribution in [2.24, 2.45) is 5.92 Å². The first-order valence-electron chi connectivity index (χ1n) is 16.2. The molecule has 0 amide bonds. The van der Waals surface area contributed by atoms with E-state index in [0.29, 0.717) is 79.5 Å². The van der Waals surface area contributed by atoms with Crippen molar-refractivity contribution in [3.63, 3.8) is 0 Å². The van der Waals surface area contributed by atoms with Crippen molar-refractivity contribution in [2.45, 2.75) is 58.8 Å². The van der Waals surface area contributed by atoms with Crippen LogP contribution in [-0.2, 0) is 20.7 Å². The molecule has 3 atom stereocenters. The molecule has 0 aliphatic carbocycles. The van der Waals surface area contributed by atoms with Gasteiger partial charge in [-0.1, -0.05) is 13.8 Å². The van der Waals surface area contributed by atoms with Crippen molar-refractivity contribution < 1.29 is 38.3 Å². The highest BCUT2D eigenvalue weighted by Gasteiger charge is 2.41. The Labute approximate surface area is 282 Å². The Bertz CT molecular complexity index is 1770. The molecular formula is C35H38N2O8S2. The van der Waals surface area contributed by atoms with Gasteiger partial charge >= 0.3 is 5.97 Å². The molecule has 7 rings (SSSR count). The third-order valence-electron chi connectivity index (χ3n) is 9.01. The summed E-state index contributed by atoms with van der Waals surface area (Å²) in [6, 6.07) is 6.66. The number of rotatable bonds is 9. The van der Waals surface area contributed by atoms with Gasteiger partial charge in [-0.15, -0.1) is 22.7 Å². The normalized spacial score (nSPS) is 21.4. The van der Waals surface area contributed by atoms with E-state index in [1.165, 1.54) is 34.2 Å². The third-order valence-corrected chi connectivity index (χ3v) is 11.5. The minimum Gasteiger partial charge on any atom is -0.485 e. The minimum absolute atomic E-state index is 0.0267. The lowest BCUT2D eigenvalue weighted by Crippen LogP contribution is -2.51. The molecule has 0 radical (unpaired) electrons. The third kappa shape index (κ3) is 5.63. The highest BCUT2D eigenvalue weighted by molar-refractivity contribution is 7.25. The van der Waals surface area contributed by atoms with Gasteiger partial charge in [-0.25, -0.2) is 4.79 Å². The van der Waals surface area contributed by atoms with Crippen molar-refractivity contribution in [3.8, 4) is 49.3 Å². The zero-order valence-corrected chi connectivity index (χ0v) is 28.6. The largest absolute Gasteiger partial charge is 0.485 e. The van der Waals surface area contributed by atoms with Gasteiger partial charge in [-0.05, 0) is 55.5 Å². The smallest absolute Gasteiger partial charge is 0.346 e.